The van der Waals surface area contributed by atoms with E-state index in [2.05, 4.69) is 39.6 Å². The van der Waals surface area contributed by atoms with E-state index in [1.54, 1.807) is 6.20 Å². The Morgan fingerprint density at radius 1 is 1.00 bits per heavy atom. The topological polar surface area (TPSA) is 41.3 Å². The predicted molar refractivity (Wildman–Crippen MR) is 79.6 cm³/mol. The average molecular weight is 271 g/mol. The van der Waals surface area contributed by atoms with Crippen molar-refractivity contribution in [2.45, 2.75) is 32.4 Å². The fourth-order valence-electron chi connectivity index (χ4n) is 2.64. The summed E-state index contributed by atoms with van der Waals surface area (Å²) in [6, 6.07) is 10.8. The van der Waals surface area contributed by atoms with Gasteiger partial charge in [-0.05, 0) is 37.0 Å². The molecule has 1 fully saturated rings. The van der Waals surface area contributed by atoms with E-state index in [4.69, 9.17) is 4.52 Å². The summed E-state index contributed by atoms with van der Waals surface area (Å²) in [5.74, 6) is 0.870. The minimum absolute atomic E-state index is 0.716. The average Bonchev–Trinajstić information content (AvgIpc) is 3.02. The first-order valence-corrected chi connectivity index (χ1v) is 7.36. The first-order valence-electron chi connectivity index (χ1n) is 7.36. The molecule has 106 valence electrons. The van der Waals surface area contributed by atoms with Crippen molar-refractivity contribution in [3.8, 4) is 0 Å². The Morgan fingerprint density at radius 2 is 1.80 bits per heavy atom. The van der Waals surface area contributed by atoms with Crippen molar-refractivity contribution in [2.24, 2.45) is 0 Å². The van der Waals surface area contributed by atoms with Crippen molar-refractivity contribution in [1.82, 2.24) is 10.5 Å². The van der Waals surface area contributed by atoms with Gasteiger partial charge in [0, 0.05) is 31.4 Å². The van der Waals surface area contributed by atoms with Crippen molar-refractivity contribution < 1.29 is 4.52 Å². The summed E-state index contributed by atoms with van der Waals surface area (Å²) >= 11 is 0. The molecule has 0 spiro atoms. The molecule has 1 aliphatic heterocycles. The van der Waals surface area contributed by atoms with E-state index in [9.17, 15) is 0 Å². The summed E-state index contributed by atoms with van der Waals surface area (Å²) in [6.45, 7) is 3.96. The summed E-state index contributed by atoms with van der Waals surface area (Å²) in [7, 11) is 0. The zero-order valence-electron chi connectivity index (χ0n) is 11.7. The quantitative estimate of drug-likeness (QED) is 0.907. The van der Waals surface area contributed by atoms with Gasteiger partial charge in [-0.2, -0.15) is 0 Å². The number of piperidine rings is 1. The Bertz CT molecular complexity index is 501. The highest BCUT2D eigenvalue weighted by Gasteiger charge is 2.10. The summed E-state index contributed by atoms with van der Waals surface area (Å²) in [5, 5.41) is 7.05. The Morgan fingerprint density at radius 3 is 2.50 bits per heavy atom. The fourth-order valence-corrected chi connectivity index (χ4v) is 2.64. The third-order valence-corrected chi connectivity index (χ3v) is 3.78. The smallest absolute Gasteiger partial charge is 0.150 e. The zero-order valence-corrected chi connectivity index (χ0v) is 11.7. The minimum atomic E-state index is 0.716. The second-order valence-electron chi connectivity index (χ2n) is 5.30. The zero-order chi connectivity index (χ0) is 13.6. The number of rotatable bonds is 5. The van der Waals surface area contributed by atoms with Gasteiger partial charge in [-0.15, -0.1) is 0 Å². The lowest BCUT2D eigenvalue weighted by molar-refractivity contribution is 0.373. The van der Waals surface area contributed by atoms with Crippen molar-refractivity contribution in [1.29, 1.82) is 0 Å². The number of hydrogen-bond acceptors (Lipinski definition) is 4. The highest BCUT2D eigenvalue weighted by atomic mass is 16.5. The van der Waals surface area contributed by atoms with E-state index in [0.717, 1.165) is 12.3 Å². The Labute approximate surface area is 119 Å². The van der Waals surface area contributed by atoms with E-state index in [1.165, 1.54) is 43.6 Å². The molecule has 0 bridgehead atoms. The summed E-state index contributed by atoms with van der Waals surface area (Å²) in [5.41, 5.74) is 2.65. The maximum Gasteiger partial charge on any atom is 0.150 e. The molecule has 1 aromatic carbocycles. The molecule has 4 nitrogen and oxygen atoms in total. The van der Waals surface area contributed by atoms with Gasteiger partial charge in [0.25, 0.3) is 0 Å². The number of anilines is 1. The van der Waals surface area contributed by atoms with E-state index >= 15 is 0 Å². The molecule has 0 atom stereocenters. The van der Waals surface area contributed by atoms with Crippen LogP contribution in [-0.2, 0) is 13.1 Å². The number of hydrogen-bond donors (Lipinski definition) is 1. The lowest BCUT2D eigenvalue weighted by Crippen LogP contribution is -2.29. The molecule has 1 aliphatic rings. The van der Waals surface area contributed by atoms with Crippen LogP contribution in [0.2, 0.25) is 0 Å². The van der Waals surface area contributed by atoms with Gasteiger partial charge >= 0.3 is 0 Å². The second-order valence-corrected chi connectivity index (χ2v) is 5.30. The van der Waals surface area contributed by atoms with Crippen LogP contribution in [0.3, 0.4) is 0 Å². The van der Waals surface area contributed by atoms with Gasteiger partial charge in [-0.25, -0.2) is 0 Å². The molecule has 1 aromatic heterocycles. The molecule has 1 saturated heterocycles. The molecular formula is C16H21N3O. The van der Waals surface area contributed by atoms with Crippen LogP contribution in [0.25, 0.3) is 0 Å². The molecule has 3 rings (SSSR count). The van der Waals surface area contributed by atoms with Gasteiger partial charge in [0.2, 0.25) is 0 Å². The van der Waals surface area contributed by atoms with Gasteiger partial charge in [0.05, 0.1) is 12.7 Å². The highest BCUT2D eigenvalue weighted by molar-refractivity contribution is 5.47. The summed E-state index contributed by atoms with van der Waals surface area (Å²) < 4.78 is 5.05. The van der Waals surface area contributed by atoms with Crippen LogP contribution in [0.5, 0.6) is 0 Å². The van der Waals surface area contributed by atoms with Gasteiger partial charge in [0.1, 0.15) is 5.76 Å². The Kier molecular flexibility index (Phi) is 4.33. The van der Waals surface area contributed by atoms with Crippen LogP contribution >= 0.6 is 0 Å². The molecule has 0 aliphatic carbocycles. The molecule has 2 aromatic rings. The van der Waals surface area contributed by atoms with Crippen LogP contribution in [0.1, 0.15) is 30.6 Å². The van der Waals surface area contributed by atoms with Crippen LogP contribution in [0.4, 0.5) is 5.69 Å². The number of nitrogens with zero attached hydrogens (tertiary/aromatic N) is 2. The van der Waals surface area contributed by atoms with Crippen LogP contribution in [-0.4, -0.2) is 18.2 Å². The van der Waals surface area contributed by atoms with Crippen LogP contribution in [0.15, 0.2) is 41.1 Å². The number of aromatic nitrogens is 1. The lowest BCUT2D eigenvalue weighted by atomic mass is 10.1. The molecule has 4 heteroatoms. The second kappa shape index (κ2) is 6.57. The normalized spacial score (nSPS) is 15.5. The molecule has 0 unspecified atom stereocenters. The highest BCUT2D eigenvalue weighted by Crippen LogP contribution is 2.20. The fraction of sp³-hybridized carbons (Fsp3) is 0.438. The van der Waals surface area contributed by atoms with Crippen LogP contribution < -0.4 is 10.2 Å². The molecule has 0 amide bonds. The van der Waals surface area contributed by atoms with E-state index < -0.39 is 0 Å². The van der Waals surface area contributed by atoms with Crippen molar-refractivity contribution in [2.75, 3.05) is 18.0 Å². The van der Waals surface area contributed by atoms with Crippen molar-refractivity contribution in [3.05, 3.63) is 47.9 Å². The first kappa shape index (κ1) is 13.2. The van der Waals surface area contributed by atoms with E-state index in [1.807, 2.05) is 6.07 Å². The number of benzene rings is 1. The van der Waals surface area contributed by atoms with Gasteiger partial charge in [-0.1, -0.05) is 17.3 Å². The third kappa shape index (κ3) is 3.39. The molecule has 20 heavy (non-hydrogen) atoms. The third-order valence-electron chi connectivity index (χ3n) is 3.78. The van der Waals surface area contributed by atoms with Crippen molar-refractivity contribution in [3.63, 3.8) is 0 Å². The molecule has 1 N–H and O–H groups in total. The maximum atomic E-state index is 5.05. The standard InChI is InChI=1S/C16H21N3O/c1-2-10-19(11-3-1)15-6-4-14(5-7-15)12-17-13-16-8-9-18-20-16/h4-9,17H,1-3,10-13H2. The Balaban J connectivity index is 1.50. The summed E-state index contributed by atoms with van der Waals surface area (Å²) in [6.07, 6.45) is 5.69. The van der Waals surface area contributed by atoms with E-state index in [0.29, 0.717) is 6.54 Å². The summed E-state index contributed by atoms with van der Waals surface area (Å²) in [4.78, 5) is 2.48. The SMILES string of the molecule is c1cc(CNCc2ccc(N3CCCCC3)cc2)on1. The Hall–Kier alpha value is -1.81. The molecular weight excluding hydrogens is 250 g/mol. The molecule has 0 radical (unpaired) electrons. The van der Waals surface area contributed by atoms with E-state index in [-0.39, 0.29) is 0 Å². The monoisotopic (exact) mass is 271 g/mol. The minimum Gasteiger partial charge on any atom is -0.372 e. The first-order chi connectivity index (χ1) is 9.92. The predicted octanol–water partition coefficient (Wildman–Crippen LogP) is 2.95. The molecule has 2 heterocycles. The van der Waals surface area contributed by atoms with Gasteiger partial charge in [-0.3, -0.25) is 0 Å². The van der Waals surface area contributed by atoms with Gasteiger partial charge in [0.15, 0.2) is 0 Å². The maximum absolute atomic E-state index is 5.05. The largest absolute Gasteiger partial charge is 0.372 e. The lowest BCUT2D eigenvalue weighted by Gasteiger charge is -2.28. The number of nitrogens with one attached hydrogen (secondary N) is 1. The van der Waals surface area contributed by atoms with Crippen molar-refractivity contribution >= 4 is 5.69 Å². The molecule has 0 saturated carbocycles. The van der Waals surface area contributed by atoms with Gasteiger partial charge < -0.3 is 14.7 Å². The van der Waals surface area contributed by atoms with Crippen LogP contribution in [0, 0.1) is 0 Å².